The molecule has 1 fully saturated rings. The van der Waals surface area contributed by atoms with Gasteiger partial charge >= 0.3 is 7.12 Å². The number of benzene rings is 4. The van der Waals surface area contributed by atoms with Crippen LogP contribution < -0.4 is 5.46 Å². The van der Waals surface area contributed by atoms with Gasteiger partial charge in [-0.1, -0.05) is 97.1 Å². The minimum Gasteiger partial charge on any atom is -0.399 e. The van der Waals surface area contributed by atoms with Crippen LogP contribution in [0.25, 0.3) is 33.4 Å². The lowest BCUT2D eigenvalue weighted by Gasteiger charge is -2.32. The first-order valence-corrected chi connectivity index (χ1v) is 11.5. The summed E-state index contributed by atoms with van der Waals surface area (Å²) >= 11 is 0. The fourth-order valence-corrected chi connectivity index (χ4v) is 4.27. The fourth-order valence-electron chi connectivity index (χ4n) is 4.27. The van der Waals surface area contributed by atoms with Gasteiger partial charge in [0.1, 0.15) is 0 Å². The van der Waals surface area contributed by atoms with Crippen LogP contribution in [0.1, 0.15) is 27.7 Å². The van der Waals surface area contributed by atoms with Crippen LogP contribution in [0, 0.1) is 6.07 Å². The summed E-state index contributed by atoms with van der Waals surface area (Å²) in [5.74, 6) is 0. The molecule has 4 aromatic carbocycles. The molecule has 2 nitrogen and oxygen atoms in total. The highest BCUT2D eigenvalue weighted by molar-refractivity contribution is 6.64. The van der Waals surface area contributed by atoms with Crippen molar-refractivity contribution in [1.29, 1.82) is 0 Å². The second-order valence-corrected chi connectivity index (χ2v) is 9.57. The smallest absolute Gasteiger partial charge is 0.399 e. The Kier molecular flexibility index (Phi) is 5.48. The molecule has 4 aromatic rings. The van der Waals surface area contributed by atoms with Gasteiger partial charge in [0.2, 0.25) is 0 Å². The second-order valence-electron chi connectivity index (χ2n) is 9.57. The van der Waals surface area contributed by atoms with E-state index in [4.69, 9.17) is 9.31 Å². The summed E-state index contributed by atoms with van der Waals surface area (Å²) in [5.41, 5.74) is 6.70. The summed E-state index contributed by atoms with van der Waals surface area (Å²) in [7, 11) is -0.482. The first kappa shape index (κ1) is 21.7. The molecule has 1 radical (unpaired) electrons. The number of hydrogen-bond donors (Lipinski definition) is 0. The van der Waals surface area contributed by atoms with Crippen molar-refractivity contribution < 1.29 is 9.31 Å². The van der Waals surface area contributed by atoms with E-state index in [9.17, 15) is 0 Å². The molecule has 0 unspecified atom stereocenters. The van der Waals surface area contributed by atoms with Gasteiger partial charge in [0.05, 0.1) is 11.2 Å². The minimum atomic E-state index is -0.482. The van der Waals surface area contributed by atoms with Gasteiger partial charge < -0.3 is 9.31 Å². The SMILES string of the molecule is CC1(C)OB(c2cc(-c3ccccc3)[c]c(-c3ccccc3)c2-c2ccccc2)OC1(C)C. The van der Waals surface area contributed by atoms with E-state index in [1.54, 1.807) is 0 Å². The average molecular weight is 431 g/mol. The van der Waals surface area contributed by atoms with Crippen LogP contribution in [0.5, 0.6) is 0 Å². The fraction of sp³-hybridized carbons (Fsp3) is 0.200. The van der Waals surface area contributed by atoms with E-state index in [1.807, 2.05) is 18.2 Å². The third kappa shape index (κ3) is 4.03. The van der Waals surface area contributed by atoms with E-state index in [0.29, 0.717) is 0 Å². The zero-order valence-corrected chi connectivity index (χ0v) is 19.6. The maximum absolute atomic E-state index is 6.56. The van der Waals surface area contributed by atoms with Crippen LogP contribution in [0.3, 0.4) is 0 Å². The minimum absolute atomic E-state index is 0.426. The van der Waals surface area contributed by atoms with Crippen molar-refractivity contribution in [3.8, 4) is 33.4 Å². The van der Waals surface area contributed by atoms with E-state index in [2.05, 4.69) is 113 Å². The van der Waals surface area contributed by atoms with Gasteiger partial charge in [-0.15, -0.1) is 0 Å². The molecule has 0 aromatic heterocycles. The Bertz CT molecular complexity index is 1230. The van der Waals surface area contributed by atoms with E-state index < -0.39 is 18.3 Å². The first-order chi connectivity index (χ1) is 15.9. The van der Waals surface area contributed by atoms with Crippen LogP contribution in [0.4, 0.5) is 0 Å². The predicted octanol–water partition coefficient (Wildman–Crippen LogP) is 6.79. The Hall–Kier alpha value is -3.14. The topological polar surface area (TPSA) is 18.5 Å². The van der Waals surface area contributed by atoms with Crippen molar-refractivity contribution >= 4 is 12.6 Å². The number of rotatable bonds is 4. The summed E-state index contributed by atoms with van der Waals surface area (Å²) in [4.78, 5) is 0. The van der Waals surface area contributed by atoms with E-state index in [-0.39, 0.29) is 0 Å². The van der Waals surface area contributed by atoms with Crippen molar-refractivity contribution in [3.05, 3.63) is 103 Å². The summed E-state index contributed by atoms with van der Waals surface area (Å²) in [6.07, 6.45) is 0. The van der Waals surface area contributed by atoms with Crippen molar-refractivity contribution in [2.45, 2.75) is 38.9 Å². The molecule has 33 heavy (non-hydrogen) atoms. The lowest BCUT2D eigenvalue weighted by Crippen LogP contribution is -2.41. The molecular formula is C30H28BO2. The van der Waals surface area contributed by atoms with Gasteiger partial charge in [-0.3, -0.25) is 0 Å². The van der Waals surface area contributed by atoms with Crippen LogP contribution in [-0.4, -0.2) is 18.3 Å². The van der Waals surface area contributed by atoms with Crippen molar-refractivity contribution in [3.63, 3.8) is 0 Å². The highest BCUT2D eigenvalue weighted by Crippen LogP contribution is 2.40. The molecule has 1 aliphatic heterocycles. The highest BCUT2D eigenvalue weighted by Gasteiger charge is 2.52. The molecule has 1 saturated heterocycles. The monoisotopic (exact) mass is 431 g/mol. The van der Waals surface area contributed by atoms with Crippen LogP contribution >= 0.6 is 0 Å². The molecular weight excluding hydrogens is 403 g/mol. The molecule has 0 aliphatic carbocycles. The molecule has 0 saturated carbocycles. The van der Waals surface area contributed by atoms with E-state index >= 15 is 0 Å². The van der Waals surface area contributed by atoms with Crippen LogP contribution in [-0.2, 0) is 9.31 Å². The first-order valence-electron chi connectivity index (χ1n) is 11.5. The van der Waals surface area contributed by atoms with Gasteiger partial charge in [0, 0.05) is 0 Å². The largest absolute Gasteiger partial charge is 0.495 e. The Morgan fingerprint density at radius 2 is 1.06 bits per heavy atom. The summed E-state index contributed by atoms with van der Waals surface area (Å²) in [6.45, 7) is 8.39. The Balaban J connectivity index is 1.81. The average Bonchev–Trinajstić information content (AvgIpc) is 3.06. The van der Waals surface area contributed by atoms with Gasteiger partial charge in [-0.25, -0.2) is 0 Å². The molecule has 1 aliphatic rings. The Labute approximate surface area is 197 Å². The van der Waals surface area contributed by atoms with Crippen molar-refractivity contribution in [2.24, 2.45) is 0 Å². The molecule has 0 spiro atoms. The van der Waals surface area contributed by atoms with Crippen LogP contribution in [0.15, 0.2) is 97.1 Å². The zero-order valence-electron chi connectivity index (χ0n) is 19.6. The molecule has 0 amide bonds. The van der Waals surface area contributed by atoms with Gasteiger partial charge in [-0.05, 0) is 72.6 Å². The van der Waals surface area contributed by atoms with Gasteiger partial charge in [0.15, 0.2) is 0 Å². The molecule has 5 rings (SSSR count). The third-order valence-electron chi connectivity index (χ3n) is 6.82. The zero-order chi connectivity index (χ0) is 23.1. The lowest BCUT2D eigenvalue weighted by molar-refractivity contribution is 0.00578. The maximum atomic E-state index is 6.56. The molecule has 0 atom stereocenters. The summed E-state index contributed by atoms with van der Waals surface area (Å²) in [5, 5.41) is 0. The normalized spacial score (nSPS) is 16.7. The standard InChI is InChI=1S/C30H28BO2/c1-29(2)30(3,4)33-31(32-29)27-21-25(22-14-8-5-9-15-22)20-26(23-16-10-6-11-17-23)28(27)24-18-12-7-13-19-24/h5-19,21H,1-4H3. The molecule has 0 N–H and O–H groups in total. The lowest BCUT2D eigenvalue weighted by atomic mass is 9.71. The van der Waals surface area contributed by atoms with Gasteiger partial charge in [-0.2, -0.15) is 0 Å². The van der Waals surface area contributed by atoms with E-state index in [1.165, 1.54) is 0 Å². The number of hydrogen-bond acceptors (Lipinski definition) is 2. The highest BCUT2D eigenvalue weighted by atomic mass is 16.7. The molecule has 0 bridgehead atoms. The van der Waals surface area contributed by atoms with Crippen molar-refractivity contribution in [1.82, 2.24) is 0 Å². The summed E-state index contributed by atoms with van der Waals surface area (Å²) in [6, 6.07) is 37.3. The predicted molar refractivity (Wildman–Crippen MR) is 137 cm³/mol. The van der Waals surface area contributed by atoms with Crippen molar-refractivity contribution in [2.75, 3.05) is 0 Å². The Morgan fingerprint density at radius 1 is 0.606 bits per heavy atom. The van der Waals surface area contributed by atoms with Gasteiger partial charge in [0.25, 0.3) is 0 Å². The van der Waals surface area contributed by atoms with E-state index in [0.717, 1.165) is 38.8 Å². The second kappa shape index (κ2) is 8.33. The summed E-state index contributed by atoms with van der Waals surface area (Å²) < 4.78 is 13.1. The third-order valence-corrected chi connectivity index (χ3v) is 6.82. The molecule has 1 heterocycles. The maximum Gasteiger partial charge on any atom is 0.495 e. The van der Waals surface area contributed by atoms with Crippen LogP contribution in [0.2, 0.25) is 0 Å². The molecule has 163 valence electrons. The Morgan fingerprint density at radius 3 is 1.58 bits per heavy atom. The molecule has 3 heteroatoms. The quantitative estimate of drug-likeness (QED) is 0.332.